The Morgan fingerprint density at radius 2 is 2.00 bits per heavy atom. The second kappa shape index (κ2) is 5.80. The summed E-state index contributed by atoms with van der Waals surface area (Å²) in [6, 6.07) is 9.38. The smallest absolute Gasteiger partial charge is 0.0480 e. The summed E-state index contributed by atoms with van der Waals surface area (Å²) in [7, 11) is 0. The molecule has 1 atom stereocenters. The summed E-state index contributed by atoms with van der Waals surface area (Å²) >= 11 is 3.60. The van der Waals surface area contributed by atoms with E-state index < -0.39 is 0 Å². The third kappa shape index (κ3) is 3.06. The normalized spacial score (nSPS) is 19.6. The maximum Gasteiger partial charge on any atom is 0.0480 e. The van der Waals surface area contributed by atoms with Crippen molar-refractivity contribution in [2.75, 3.05) is 13.2 Å². The van der Waals surface area contributed by atoms with Crippen LogP contribution in [0.3, 0.4) is 0 Å². The van der Waals surface area contributed by atoms with Gasteiger partial charge >= 0.3 is 0 Å². The standard InChI is InChI=1S/C13H18BrNO/c1-10(12-4-2-3-5-13(12)14)15-11-6-8-16-9-7-11/h2-5,10-11,15H,6-9H2,1H3. The molecule has 0 aliphatic carbocycles. The first-order valence-corrected chi connectivity index (χ1v) is 6.65. The van der Waals surface area contributed by atoms with Crippen LogP contribution in [0.25, 0.3) is 0 Å². The summed E-state index contributed by atoms with van der Waals surface area (Å²) in [5, 5.41) is 3.67. The number of rotatable bonds is 3. The van der Waals surface area contributed by atoms with Gasteiger partial charge in [-0.25, -0.2) is 0 Å². The van der Waals surface area contributed by atoms with Gasteiger partial charge in [-0.05, 0) is 31.4 Å². The Morgan fingerprint density at radius 3 is 2.69 bits per heavy atom. The molecule has 0 radical (unpaired) electrons. The molecule has 1 fully saturated rings. The van der Waals surface area contributed by atoms with Gasteiger partial charge in [-0.15, -0.1) is 0 Å². The number of hydrogen-bond donors (Lipinski definition) is 1. The van der Waals surface area contributed by atoms with Crippen molar-refractivity contribution >= 4 is 15.9 Å². The second-order valence-corrected chi connectivity index (χ2v) is 5.15. The van der Waals surface area contributed by atoms with Crippen LogP contribution in [0.4, 0.5) is 0 Å². The van der Waals surface area contributed by atoms with Crippen molar-refractivity contribution < 1.29 is 4.74 Å². The van der Waals surface area contributed by atoms with Crippen LogP contribution >= 0.6 is 15.9 Å². The number of benzene rings is 1. The summed E-state index contributed by atoms with van der Waals surface area (Å²) in [5.41, 5.74) is 1.33. The molecule has 16 heavy (non-hydrogen) atoms. The largest absolute Gasteiger partial charge is 0.381 e. The third-order valence-corrected chi connectivity index (χ3v) is 3.80. The van der Waals surface area contributed by atoms with Crippen molar-refractivity contribution in [2.24, 2.45) is 0 Å². The Hall–Kier alpha value is -0.380. The van der Waals surface area contributed by atoms with Gasteiger partial charge < -0.3 is 10.1 Å². The Bertz CT molecular complexity index is 336. The van der Waals surface area contributed by atoms with Crippen molar-refractivity contribution in [1.29, 1.82) is 0 Å². The highest BCUT2D eigenvalue weighted by atomic mass is 79.9. The topological polar surface area (TPSA) is 21.3 Å². The fourth-order valence-electron chi connectivity index (χ4n) is 2.13. The van der Waals surface area contributed by atoms with Gasteiger partial charge in [0.15, 0.2) is 0 Å². The molecule has 3 heteroatoms. The van der Waals surface area contributed by atoms with Crippen molar-refractivity contribution in [3.05, 3.63) is 34.3 Å². The minimum absolute atomic E-state index is 0.388. The Labute approximate surface area is 106 Å². The molecular formula is C13H18BrNO. The van der Waals surface area contributed by atoms with Crippen LogP contribution in [-0.2, 0) is 4.74 Å². The first-order chi connectivity index (χ1) is 7.77. The average Bonchev–Trinajstić information content (AvgIpc) is 2.31. The summed E-state index contributed by atoms with van der Waals surface area (Å²) in [4.78, 5) is 0. The van der Waals surface area contributed by atoms with Gasteiger partial charge in [0.05, 0.1) is 0 Å². The zero-order valence-corrected chi connectivity index (χ0v) is 11.2. The van der Waals surface area contributed by atoms with E-state index in [9.17, 15) is 0 Å². The lowest BCUT2D eigenvalue weighted by Crippen LogP contribution is -2.36. The Morgan fingerprint density at radius 1 is 1.31 bits per heavy atom. The van der Waals surface area contributed by atoms with Crippen LogP contribution in [0.15, 0.2) is 28.7 Å². The van der Waals surface area contributed by atoms with E-state index in [0.717, 1.165) is 26.1 Å². The van der Waals surface area contributed by atoms with Crippen LogP contribution in [0.1, 0.15) is 31.4 Å². The highest BCUT2D eigenvalue weighted by molar-refractivity contribution is 9.10. The van der Waals surface area contributed by atoms with Gasteiger partial charge in [0, 0.05) is 29.8 Å². The molecule has 1 N–H and O–H groups in total. The molecule has 88 valence electrons. The van der Waals surface area contributed by atoms with E-state index in [1.807, 2.05) is 0 Å². The lowest BCUT2D eigenvalue weighted by molar-refractivity contribution is 0.0754. The van der Waals surface area contributed by atoms with Gasteiger partial charge in [-0.3, -0.25) is 0 Å². The first-order valence-electron chi connectivity index (χ1n) is 5.85. The van der Waals surface area contributed by atoms with E-state index in [4.69, 9.17) is 4.74 Å². The van der Waals surface area contributed by atoms with Crippen LogP contribution in [0.2, 0.25) is 0 Å². The van der Waals surface area contributed by atoms with Gasteiger partial charge in [-0.2, -0.15) is 0 Å². The predicted octanol–water partition coefficient (Wildman–Crippen LogP) is 3.28. The van der Waals surface area contributed by atoms with E-state index in [2.05, 4.69) is 52.4 Å². The molecule has 0 aromatic heterocycles. The van der Waals surface area contributed by atoms with E-state index >= 15 is 0 Å². The number of halogens is 1. The average molecular weight is 284 g/mol. The quantitative estimate of drug-likeness (QED) is 0.919. The molecule has 2 nitrogen and oxygen atoms in total. The van der Waals surface area contributed by atoms with Crippen molar-refractivity contribution in [2.45, 2.75) is 31.8 Å². The zero-order chi connectivity index (χ0) is 11.4. The van der Waals surface area contributed by atoms with Crippen LogP contribution < -0.4 is 5.32 Å². The molecule has 0 saturated carbocycles. The molecule has 1 heterocycles. The van der Waals surface area contributed by atoms with Crippen molar-refractivity contribution in [3.63, 3.8) is 0 Å². The van der Waals surface area contributed by atoms with Crippen LogP contribution in [0, 0.1) is 0 Å². The molecular weight excluding hydrogens is 266 g/mol. The molecule has 0 amide bonds. The summed E-state index contributed by atoms with van der Waals surface area (Å²) in [6.07, 6.45) is 2.24. The Kier molecular flexibility index (Phi) is 4.38. The number of ether oxygens (including phenoxy) is 1. The van der Waals surface area contributed by atoms with E-state index in [0.29, 0.717) is 12.1 Å². The zero-order valence-electron chi connectivity index (χ0n) is 9.58. The summed E-state index contributed by atoms with van der Waals surface area (Å²) in [5.74, 6) is 0. The van der Waals surface area contributed by atoms with Gasteiger partial charge in [0.1, 0.15) is 0 Å². The van der Waals surface area contributed by atoms with Gasteiger partial charge in [0.2, 0.25) is 0 Å². The van der Waals surface area contributed by atoms with Crippen LogP contribution in [-0.4, -0.2) is 19.3 Å². The molecule has 2 rings (SSSR count). The maximum absolute atomic E-state index is 5.36. The van der Waals surface area contributed by atoms with Gasteiger partial charge in [-0.1, -0.05) is 34.1 Å². The fourth-order valence-corrected chi connectivity index (χ4v) is 2.76. The minimum Gasteiger partial charge on any atom is -0.381 e. The molecule has 1 saturated heterocycles. The minimum atomic E-state index is 0.388. The van der Waals surface area contributed by atoms with E-state index in [-0.39, 0.29) is 0 Å². The maximum atomic E-state index is 5.36. The second-order valence-electron chi connectivity index (χ2n) is 4.30. The molecule has 1 aliphatic rings. The monoisotopic (exact) mass is 283 g/mol. The third-order valence-electron chi connectivity index (χ3n) is 3.08. The molecule has 1 aromatic carbocycles. The fraction of sp³-hybridized carbons (Fsp3) is 0.538. The lowest BCUT2D eigenvalue weighted by Gasteiger charge is -2.27. The Balaban J connectivity index is 1.96. The highest BCUT2D eigenvalue weighted by Gasteiger charge is 2.17. The van der Waals surface area contributed by atoms with Crippen molar-refractivity contribution in [3.8, 4) is 0 Å². The molecule has 0 spiro atoms. The molecule has 1 aliphatic heterocycles. The lowest BCUT2D eigenvalue weighted by atomic mass is 10.0. The van der Waals surface area contributed by atoms with E-state index in [1.54, 1.807) is 0 Å². The molecule has 1 unspecified atom stereocenters. The highest BCUT2D eigenvalue weighted by Crippen LogP contribution is 2.24. The summed E-state index contributed by atoms with van der Waals surface area (Å²) in [6.45, 7) is 4.00. The van der Waals surface area contributed by atoms with E-state index in [1.165, 1.54) is 10.0 Å². The number of hydrogen-bond acceptors (Lipinski definition) is 2. The first kappa shape index (κ1) is 12.1. The molecule has 0 bridgehead atoms. The van der Waals surface area contributed by atoms with Crippen LogP contribution in [0.5, 0.6) is 0 Å². The summed E-state index contributed by atoms with van der Waals surface area (Å²) < 4.78 is 6.54. The van der Waals surface area contributed by atoms with Crippen molar-refractivity contribution in [1.82, 2.24) is 5.32 Å². The SMILES string of the molecule is CC(NC1CCOCC1)c1ccccc1Br. The number of nitrogens with one attached hydrogen (secondary N) is 1. The van der Waals surface area contributed by atoms with Gasteiger partial charge in [0.25, 0.3) is 0 Å². The predicted molar refractivity (Wildman–Crippen MR) is 69.5 cm³/mol. The molecule has 1 aromatic rings.